The molecule has 0 saturated heterocycles. The van der Waals surface area contributed by atoms with E-state index in [-0.39, 0.29) is 0 Å². The molecule has 2 heteroatoms. The molecule has 0 aliphatic heterocycles. The van der Waals surface area contributed by atoms with Crippen LogP contribution in [0.4, 0.5) is 0 Å². The fraction of sp³-hybridized carbons (Fsp3) is 1.00. The van der Waals surface area contributed by atoms with Gasteiger partial charge in [0.1, 0.15) is 0 Å². The lowest BCUT2D eigenvalue weighted by Gasteiger charge is -2.22. The van der Waals surface area contributed by atoms with Gasteiger partial charge in [0.05, 0.1) is 6.61 Å². The number of hydrogen-bond donors (Lipinski definition) is 1. The number of methoxy groups -OCH3 is 1. The smallest absolute Gasteiger partial charge is 0.0615 e. The molecule has 1 saturated carbocycles. The Bertz CT molecular complexity index is 132. The Morgan fingerprint density at radius 3 is 2.64 bits per heavy atom. The van der Waals surface area contributed by atoms with E-state index in [0.717, 1.165) is 12.6 Å². The quantitative estimate of drug-likeness (QED) is 0.680. The Kier molecular flexibility index (Phi) is 6.20. The van der Waals surface area contributed by atoms with Crippen molar-refractivity contribution in [2.24, 2.45) is 0 Å². The van der Waals surface area contributed by atoms with Crippen LogP contribution in [0.2, 0.25) is 0 Å². The van der Waals surface area contributed by atoms with Gasteiger partial charge in [-0.15, -0.1) is 0 Å². The van der Waals surface area contributed by atoms with Crippen molar-refractivity contribution in [2.45, 2.75) is 64.0 Å². The van der Waals surface area contributed by atoms with Gasteiger partial charge in [-0.1, -0.05) is 32.6 Å². The molecule has 1 fully saturated rings. The van der Waals surface area contributed by atoms with Crippen molar-refractivity contribution in [3.8, 4) is 0 Å². The largest absolute Gasteiger partial charge is 0.383 e. The van der Waals surface area contributed by atoms with Gasteiger partial charge in [0.2, 0.25) is 0 Å². The summed E-state index contributed by atoms with van der Waals surface area (Å²) in [7, 11) is 1.80. The molecule has 0 heterocycles. The summed E-state index contributed by atoms with van der Waals surface area (Å²) < 4.78 is 5.25. The third kappa shape index (κ3) is 4.43. The summed E-state index contributed by atoms with van der Waals surface area (Å²) in [5, 5.41) is 3.73. The van der Waals surface area contributed by atoms with Crippen LogP contribution in [-0.4, -0.2) is 25.8 Å². The van der Waals surface area contributed by atoms with Crippen LogP contribution in [0.1, 0.15) is 51.9 Å². The minimum Gasteiger partial charge on any atom is -0.383 e. The number of hydrogen-bond acceptors (Lipinski definition) is 2. The van der Waals surface area contributed by atoms with Crippen LogP contribution in [0.3, 0.4) is 0 Å². The first-order valence-electron chi connectivity index (χ1n) is 6.11. The lowest BCUT2D eigenvalue weighted by atomic mass is 10.1. The molecule has 1 aliphatic carbocycles. The topological polar surface area (TPSA) is 21.3 Å². The zero-order valence-electron chi connectivity index (χ0n) is 9.72. The monoisotopic (exact) mass is 199 g/mol. The molecule has 0 radical (unpaired) electrons. The highest BCUT2D eigenvalue weighted by Gasteiger charge is 2.18. The molecule has 84 valence electrons. The Labute approximate surface area is 88.4 Å². The van der Waals surface area contributed by atoms with Crippen LogP contribution in [-0.2, 0) is 4.74 Å². The predicted octanol–water partition coefficient (Wildman–Crippen LogP) is 2.72. The first-order valence-corrected chi connectivity index (χ1v) is 6.11. The number of rotatable bonds is 7. The van der Waals surface area contributed by atoms with E-state index in [0.29, 0.717) is 6.04 Å². The SMILES string of the molecule is CCCCC(COC)NC1CCCC1. The van der Waals surface area contributed by atoms with Crippen molar-refractivity contribution in [3.63, 3.8) is 0 Å². The molecule has 0 aromatic heterocycles. The van der Waals surface area contributed by atoms with Crippen molar-refractivity contribution in [1.82, 2.24) is 5.32 Å². The number of ether oxygens (including phenoxy) is 1. The van der Waals surface area contributed by atoms with Crippen molar-refractivity contribution < 1.29 is 4.74 Å². The van der Waals surface area contributed by atoms with E-state index in [1.54, 1.807) is 7.11 Å². The minimum absolute atomic E-state index is 0.586. The van der Waals surface area contributed by atoms with E-state index in [4.69, 9.17) is 4.74 Å². The van der Waals surface area contributed by atoms with Crippen LogP contribution < -0.4 is 5.32 Å². The van der Waals surface area contributed by atoms with Crippen molar-refractivity contribution in [3.05, 3.63) is 0 Å². The second-order valence-corrected chi connectivity index (χ2v) is 4.44. The van der Waals surface area contributed by atoms with Gasteiger partial charge in [0.25, 0.3) is 0 Å². The molecule has 1 aliphatic rings. The summed E-state index contributed by atoms with van der Waals surface area (Å²) in [5.74, 6) is 0. The van der Waals surface area contributed by atoms with Gasteiger partial charge >= 0.3 is 0 Å². The molecule has 0 amide bonds. The van der Waals surface area contributed by atoms with E-state index < -0.39 is 0 Å². The van der Waals surface area contributed by atoms with Gasteiger partial charge in [-0.2, -0.15) is 0 Å². The Hall–Kier alpha value is -0.0800. The van der Waals surface area contributed by atoms with E-state index in [1.807, 2.05) is 0 Å². The lowest BCUT2D eigenvalue weighted by molar-refractivity contribution is 0.155. The minimum atomic E-state index is 0.586. The van der Waals surface area contributed by atoms with E-state index in [1.165, 1.54) is 44.9 Å². The van der Waals surface area contributed by atoms with Crippen molar-refractivity contribution in [2.75, 3.05) is 13.7 Å². The molecule has 0 aromatic carbocycles. The summed E-state index contributed by atoms with van der Waals surface area (Å²) in [6.45, 7) is 3.12. The molecule has 2 nitrogen and oxygen atoms in total. The van der Waals surface area contributed by atoms with E-state index in [2.05, 4.69) is 12.2 Å². The highest BCUT2D eigenvalue weighted by Crippen LogP contribution is 2.18. The molecular weight excluding hydrogens is 174 g/mol. The predicted molar refractivity (Wildman–Crippen MR) is 60.6 cm³/mol. The van der Waals surface area contributed by atoms with Crippen LogP contribution in [0.5, 0.6) is 0 Å². The zero-order chi connectivity index (χ0) is 10.2. The van der Waals surface area contributed by atoms with Gasteiger partial charge < -0.3 is 10.1 Å². The fourth-order valence-electron chi connectivity index (χ4n) is 2.29. The van der Waals surface area contributed by atoms with Gasteiger partial charge in [-0.05, 0) is 19.3 Å². The first-order chi connectivity index (χ1) is 6.86. The Morgan fingerprint density at radius 1 is 1.36 bits per heavy atom. The molecule has 1 atom stereocenters. The second kappa shape index (κ2) is 7.24. The summed E-state index contributed by atoms with van der Waals surface area (Å²) >= 11 is 0. The molecule has 0 aromatic rings. The van der Waals surface area contributed by atoms with Gasteiger partial charge in [0.15, 0.2) is 0 Å². The molecular formula is C12H25NO. The molecule has 1 N–H and O–H groups in total. The molecule has 1 rings (SSSR count). The van der Waals surface area contributed by atoms with Crippen LogP contribution >= 0.6 is 0 Å². The normalized spacial score (nSPS) is 20.1. The zero-order valence-corrected chi connectivity index (χ0v) is 9.72. The number of nitrogens with one attached hydrogen (secondary N) is 1. The molecule has 0 spiro atoms. The van der Waals surface area contributed by atoms with Crippen LogP contribution in [0.15, 0.2) is 0 Å². The fourth-order valence-corrected chi connectivity index (χ4v) is 2.29. The standard InChI is InChI=1S/C12H25NO/c1-3-4-7-12(10-14-2)13-11-8-5-6-9-11/h11-13H,3-10H2,1-2H3. The van der Waals surface area contributed by atoms with Crippen molar-refractivity contribution >= 4 is 0 Å². The summed E-state index contributed by atoms with van der Waals surface area (Å²) in [5.41, 5.74) is 0. The Morgan fingerprint density at radius 2 is 2.07 bits per heavy atom. The highest BCUT2D eigenvalue weighted by molar-refractivity contribution is 4.78. The first kappa shape index (κ1) is 12.0. The maximum Gasteiger partial charge on any atom is 0.0615 e. The van der Waals surface area contributed by atoms with Gasteiger partial charge in [-0.25, -0.2) is 0 Å². The molecule has 14 heavy (non-hydrogen) atoms. The van der Waals surface area contributed by atoms with Gasteiger partial charge in [-0.3, -0.25) is 0 Å². The molecule has 0 bridgehead atoms. The highest BCUT2D eigenvalue weighted by atomic mass is 16.5. The summed E-state index contributed by atoms with van der Waals surface area (Å²) in [6, 6.07) is 1.36. The summed E-state index contributed by atoms with van der Waals surface area (Å²) in [6.07, 6.45) is 9.41. The number of unbranched alkanes of at least 4 members (excludes halogenated alkanes) is 1. The maximum absolute atomic E-state index is 5.25. The average Bonchev–Trinajstić information content (AvgIpc) is 2.67. The van der Waals surface area contributed by atoms with Gasteiger partial charge in [0, 0.05) is 19.2 Å². The summed E-state index contributed by atoms with van der Waals surface area (Å²) in [4.78, 5) is 0. The maximum atomic E-state index is 5.25. The lowest BCUT2D eigenvalue weighted by Crippen LogP contribution is -2.39. The third-order valence-electron chi connectivity index (χ3n) is 3.10. The van der Waals surface area contributed by atoms with E-state index >= 15 is 0 Å². The second-order valence-electron chi connectivity index (χ2n) is 4.44. The average molecular weight is 199 g/mol. The van der Waals surface area contributed by atoms with Crippen LogP contribution in [0, 0.1) is 0 Å². The Balaban J connectivity index is 2.18. The van der Waals surface area contributed by atoms with Crippen molar-refractivity contribution in [1.29, 1.82) is 0 Å². The van der Waals surface area contributed by atoms with Crippen LogP contribution in [0.25, 0.3) is 0 Å². The molecule has 1 unspecified atom stereocenters. The third-order valence-corrected chi connectivity index (χ3v) is 3.10. The van der Waals surface area contributed by atoms with E-state index in [9.17, 15) is 0 Å².